The minimum Gasteiger partial charge on any atom is -0.479 e. The Labute approximate surface area is 100 Å². The van der Waals surface area contributed by atoms with Crippen LogP contribution in [0.4, 0.5) is 4.39 Å². The molecule has 0 aromatic heterocycles. The summed E-state index contributed by atoms with van der Waals surface area (Å²) in [5.74, 6) is -1.61. The molecule has 0 saturated carbocycles. The van der Waals surface area contributed by atoms with Crippen molar-refractivity contribution in [2.75, 3.05) is 6.26 Å². The van der Waals surface area contributed by atoms with E-state index in [-0.39, 0.29) is 14.9 Å². The monoisotopic (exact) mass is 310 g/mol. The molecule has 0 saturated heterocycles. The van der Waals surface area contributed by atoms with E-state index >= 15 is 0 Å². The number of alkyl halides is 1. The van der Waals surface area contributed by atoms with Crippen LogP contribution in [0.15, 0.2) is 27.6 Å². The van der Waals surface area contributed by atoms with Crippen LogP contribution >= 0.6 is 15.9 Å². The number of hydrogen-bond acceptors (Lipinski definition) is 3. The standard InChI is InChI=1S/C9H8BrFO4S/c1-16(14,15)7-3-2-5(4-6(7)10)8(11)9(12)13/h2-4,8H,1H3,(H,12,13). The van der Waals surface area contributed by atoms with E-state index in [0.29, 0.717) is 0 Å². The lowest BCUT2D eigenvalue weighted by molar-refractivity contribution is -0.143. The van der Waals surface area contributed by atoms with Crippen LogP contribution in [0.3, 0.4) is 0 Å². The number of rotatable bonds is 3. The van der Waals surface area contributed by atoms with E-state index in [2.05, 4.69) is 15.9 Å². The second-order valence-electron chi connectivity index (χ2n) is 3.16. The number of halogens is 2. The number of carboxylic acids is 1. The van der Waals surface area contributed by atoms with Crippen molar-refractivity contribution in [3.8, 4) is 0 Å². The van der Waals surface area contributed by atoms with Gasteiger partial charge in [0.2, 0.25) is 6.17 Å². The number of benzene rings is 1. The maximum Gasteiger partial charge on any atom is 0.343 e. The Kier molecular flexibility index (Phi) is 3.69. The van der Waals surface area contributed by atoms with Crippen LogP contribution in [-0.4, -0.2) is 25.7 Å². The van der Waals surface area contributed by atoms with Gasteiger partial charge in [-0.3, -0.25) is 0 Å². The number of carbonyl (C=O) groups is 1. The van der Waals surface area contributed by atoms with E-state index in [4.69, 9.17) is 5.11 Å². The summed E-state index contributed by atoms with van der Waals surface area (Å²) >= 11 is 2.96. The molecule has 0 radical (unpaired) electrons. The topological polar surface area (TPSA) is 71.4 Å². The molecular formula is C9H8BrFO4S. The fraction of sp³-hybridized carbons (Fsp3) is 0.222. The van der Waals surface area contributed by atoms with Crippen LogP contribution < -0.4 is 0 Å². The molecule has 1 unspecified atom stereocenters. The van der Waals surface area contributed by atoms with Gasteiger partial charge in [0, 0.05) is 10.7 Å². The molecule has 88 valence electrons. The lowest BCUT2D eigenvalue weighted by Gasteiger charge is -2.07. The summed E-state index contributed by atoms with van der Waals surface area (Å²) in [6.45, 7) is 0. The first-order valence-corrected chi connectivity index (χ1v) is 6.78. The maximum atomic E-state index is 13.1. The smallest absolute Gasteiger partial charge is 0.343 e. The van der Waals surface area contributed by atoms with E-state index in [1.165, 1.54) is 6.07 Å². The summed E-state index contributed by atoms with van der Waals surface area (Å²) < 4.78 is 35.7. The van der Waals surface area contributed by atoms with Crippen molar-refractivity contribution in [2.24, 2.45) is 0 Å². The van der Waals surface area contributed by atoms with E-state index in [0.717, 1.165) is 18.4 Å². The Morgan fingerprint density at radius 3 is 2.44 bits per heavy atom. The SMILES string of the molecule is CS(=O)(=O)c1ccc(C(F)C(=O)O)cc1Br. The van der Waals surface area contributed by atoms with Gasteiger partial charge in [0.25, 0.3) is 0 Å². The third-order valence-corrected chi connectivity index (χ3v) is 3.94. The van der Waals surface area contributed by atoms with Gasteiger partial charge in [-0.1, -0.05) is 6.07 Å². The molecule has 0 bridgehead atoms. The Balaban J connectivity index is 3.25. The van der Waals surface area contributed by atoms with Crippen LogP contribution in [0.5, 0.6) is 0 Å². The van der Waals surface area contributed by atoms with Crippen LogP contribution in [0.1, 0.15) is 11.7 Å². The van der Waals surface area contributed by atoms with Gasteiger partial charge in [-0.05, 0) is 33.6 Å². The molecule has 0 aliphatic rings. The second-order valence-corrected chi connectivity index (χ2v) is 6.00. The van der Waals surface area contributed by atoms with Crippen molar-refractivity contribution in [1.82, 2.24) is 0 Å². The molecule has 0 heterocycles. The average molecular weight is 311 g/mol. The molecule has 0 aliphatic carbocycles. The van der Waals surface area contributed by atoms with Crippen LogP contribution in [0, 0.1) is 0 Å². The first-order chi connectivity index (χ1) is 7.23. The molecule has 16 heavy (non-hydrogen) atoms. The minimum absolute atomic E-state index is 0.00570. The zero-order chi connectivity index (χ0) is 12.5. The van der Waals surface area contributed by atoms with Gasteiger partial charge < -0.3 is 5.11 Å². The largest absolute Gasteiger partial charge is 0.479 e. The first-order valence-electron chi connectivity index (χ1n) is 4.10. The van der Waals surface area contributed by atoms with E-state index in [1.807, 2.05) is 0 Å². The minimum atomic E-state index is -3.41. The highest BCUT2D eigenvalue weighted by Gasteiger charge is 2.20. The lowest BCUT2D eigenvalue weighted by Crippen LogP contribution is -2.07. The number of aliphatic carboxylic acids is 1. The van der Waals surface area contributed by atoms with Crippen LogP contribution in [-0.2, 0) is 14.6 Å². The predicted molar refractivity (Wildman–Crippen MR) is 58.7 cm³/mol. The maximum absolute atomic E-state index is 13.1. The first kappa shape index (κ1) is 13.1. The Hall–Kier alpha value is -0.950. The van der Waals surface area contributed by atoms with Gasteiger partial charge in [0.1, 0.15) is 0 Å². The van der Waals surface area contributed by atoms with Crippen molar-refractivity contribution in [1.29, 1.82) is 0 Å². The van der Waals surface area contributed by atoms with E-state index < -0.39 is 22.0 Å². The summed E-state index contributed by atoms with van der Waals surface area (Å²) in [6, 6.07) is 3.46. The summed E-state index contributed by atoms with van der Waals surface area (Å²) in [5.41, 5.74) is -0.105. The van der Waals surface area contributed by atoms with Crippen molar-refractivity contribution >= 4 is 31.7 Å². The molecular weight excluding hydrogens is 303 g/mol. The summed E-state index contributed by atoms with van der Waals surface area (Å²) in [7, 11) is -3.41. The zero-order valence-corrected chi connectivity index (χ0v) is 10.5. The highest BCUT2D eigenvalue weighted by atomic mass is 79.9. The normalized spacial score (nSPS) is 13.4. The summed E-state index contributed by atoms with van der Waals surface area (Å²) in [5, 5.41) is 8.45. The molecule has 1 aromatic carbocycles. The molecule has 1 aromatic rings. The highest BCUT2D eigenvalue weighted by Crippen LogP contribution is 2.27. The molecule has 7 heteroatoms. The number of hydrogen-bond donors (Lipinski definition) is 1. The fourth-order valence-corrected chi connectivity index (χ4v) is 3.13. The van der Waals surface area contributed by atoms with Gasteiger partial charge in [-0.15, -0.1) is 0 Å². The lowest BCUT2D eigenvalue weighted by atomic mass is 10.1. The van der Waals surface area contributed by atoms with Gasteiger partial charge in [0.15, 0.2) is 9.84 Å². The predicted octanol–water partition coefficient (Wildman–Crippen LogP) is 1.95. The van der Waals surface area contributed by atoms with Gasteiger partial charge in [-0.25, -0.2) is 17.6 Å². The quantitative estimate of drug-likeness (QED) is 0.926. The Morgan fingerprint density at radius 2 is 2.06 bits per heavy atom. The molecule has 1 rings (SSSR count). The second kappa shape index (κ2) is 4.50. The van der Waals surface area contributed by atoms with E-state index in [9.17, 15) is 17.6 Å². The summed E-state index contributed by atoms with van der Waals surface area (Å²) in [4.78, 5) is 10.4. The third-order valence-electron chi connectivity index (χ3n) is 1.86. The molecule has 1 atom stereocenters. The van der Waals surface area contributed by atoms with Crippen molar-refractivity contribution in [2.45, 2.75) is 11.1 Å². The molecule has 0 spiro atoms. The Morgan fingerprint density at radius 1 is 1.50 bits per heavy atom. The fourth-order valence-electron chi connectivity index (χ4n) is 1.12. The van der Waals surface area contributed by atoms with Crippen molar-refractivity contribution in [3.63, 3.8) is 0 Å². The third kappa shape index (κ3) is 2.79. The molecule has 4 nitrogen and oxygen atoms in total. The molecule has 0 fully saturated rings. The van der Waals surface area contributed by atoms with Gasteiger partial charge >= 0.3 is 5.97 Å². The van der Waals surface area contributed by atoms with Gasteiger partial charge in [0.05, 0.1) is 4.90 Å². The van der Waals surface area contributed by atoms with Gasteiger partial charge in [-0.2, -0.15) is 0 Å². The number of sulfone groups is 1. The Bertz CT molecular complexity index is 526. The molecule has 0 amide bonds. The van der Waals surface area contributed by atoms with Crippen molar-refractivity contribution in [3.05, 3.63) is 28.2 Å². The van der Waals surface area contributed by atoms with Crippen molar-refractivity contribution < 1.29 is 22.7 Å². The molecule has 0 aliphatic heterocycles. The number of carboxylic acid groups (broad SMARTS) is 1. The highest BCUT2D eigenvalue weighted by molar-refractivity contribution is 9.10. The van der Waals surface area contributed by atoms with E-state index in [1.54, 1.807) is 0 Å². The van der Waals surface area contributed by atoms with Crippen LogP contribution in [0.2, 0.25) is 0 Å². The summed E-state index contributed by atoms with van der Waals surface area (Å²) in [6.07, 6.45) is -1.15. The zero-order valence-electron chi connectivity index (χ0n) is 8.15. The molecule has 1 N–H and O–H groups in total. The van der Waals surface area contributed by atoms with Crippen LogP contribution in [0.25, 0.3) is 0 Å². The average Bonchev–Trinajstić information content (AvgIpc) is 2.14.